The molecule has 0 saturated heterocycles. The highest BCUT2D eigenvalue weighted by atomic mass is 35.5. The molecule has 0 bridgehead atoms. The maximum atomic E-state index is 12.8. The lowest BCUT2D eigenvalue weighted by Gasteiger charge is -2.12. The van der Waals surface area contributed by atoms with Crippen molar-refractivity contribution in [1.29, 1.82) is 0 Å². The molecule has 0 unspecified atom stereocenters. The maximum Gasteiger partial charge on any atom is 0.417 e. The van der Waals surface area contributed by atoms with Crippen LogP contribution in [-0.2, 0) is 6.18 Å². The summed E-state index contributed by atoms with van der Waals surface area (Å²) in [5.41, 5.74) is 5.06. The predicted molar refractivity (Wildman–Crippen MR) is 73.9 cm³/mol. The number of ether oxygens (including phenoxy) is 2. The zero-order valence-corrected chi connectivity index (χ0v) is 11.6. The molecule has 3 nitrogen and oxygen atoms in total. The van der Waals surface area contributed by atoms with Gasteiger partial charge in [-0.1, -0.05) is 11.6 Å². The number of alkyl halides is 3. The number of hydrogen-bond acceptors (Lipinski definition) is 3. The second-order valence-corrected chi connectivity index (χ2v) is 4.59. The molecule has 0 aromatic heterocycles. The van der Waals surface area contributed by atoms with Gasteiger partial charge in [0.1, 0.15) is 17.2 Å². The van der Waals surface area contributed by atoms with Gasteiger partial charge >= 0.3 is 6.18 Å². The van der Waals surface area contributed by atoms with Crippen molar-refractivity contribution < 1.29 is 22.6 Å². The average Bonchev–Trinajstić information content (AvgIpc) is 2.39. The zero-order chi connectivity index (χ0) is 15.6. The van der Waals surface area contributed by atoms with Gasteiger partial charge in [0.2, 0.25) is 0 Å². The van der Waals surface area contributed by atoms with Gasteiger partial charge in [-0.05, 0) is 18.2 Å². The van der Waals surface area contributed by atoms with Crippen LogP contribution in [0.15, 0.2) is 36.4 Å². The van der Waals surface area contributed by atoms with Gasteiger partial charge in [-0.3, -0.25) is 0 Å². The molecule has 0 heterocycles. The molecule has 2 N–H and O–H groups in total. The lowest BCUT2D eigenvalue weighted by molar-refractivity contribution is -0.137. The fourth-order valence-electron chi connectivity index (χ4n) is 1.69. The number of benzene rings is 2. The van der Waals surface area contributed by atoms with Crippen LogP contribution in [0.25, 0.3) is 0 Å². The normalized spacial score (nSPS) is 11.3. The van der Waals surface area contributed by atoms with Crippen LogP contribution >= 0.6 is 11.6 Å². The van der Waals surface area contributed by atoms with E-state index >= 15 is 0 Å². The van der Waals surface area contributed by atoms with Crippen LogP contribution in [0.4, 0.5) is 18.9 Å². The molecule has 21 heavy (non-hydrogen) atoms. The number of hydrogen-bond donors (Lipinski definition) is 1. The summed E-state index contributed by atoms with van der Waals surface area (Å²) in [7, 11) is 1.45. The van der Waals surface area contributed by atoms with E-state index in [-0.39, 0.29) is 16.5 Å². The van der Waals surface area contributed by atoms with Crippen molar-refractivity contribution >= 4 is 17.3 Å². The largest absolute Gasteiger partial charge is 0.497 e. The van der Waals surface area contributed by atoms with Gasteiger partial charge in [0, 0.05) is 23.9 Å². The Morgan fingerprint density at radius 3 is 2.29 bits per heavy atom. The summed E-state index contributed by atoms with van der Waals surface area (Å²) >= 11 is 5.54. The highest BCUT2D eigenvalue weighted by Gasteiger charge is 2.33. The number of nitrogens with two attached hydrogens (primary N) is 1. The number of methoxy groups -OCH3 is 1. The number of anilines is 1. The Bertz CT molecular complexity index is 659. The van der Waals surface area contributed by atoms with Crippen LogP contribution in [0.2, 0.25) is 5.02 Å². The Hall–Kier alpha value is -2.08. The SMILES string of the molecule is COc1cc(N)cc(Oc2ccc(Cl)c(C(F)(F)F)c2)c1. The fourth-order valence-corrected chi connectivity index (χ4v) is 1.92. The topological polar surface area (TPSA) is 44.5 Å². The van der Waals surface area contributed by atoms with E-state index in [1.165, 1.54) is 25.3 Å². The summed E-state index contributed by atoms with van der Waals surface area (Å²) in [6.45, 7) is 0. The Balaban J connectivity index is 2.34. The van der Waals surface area contributed by atoms with E-state index in [9.17, 15) is 13.2 Å². The Morgan fingerprint density at radius 1 is 1.00 bits per heavy atom. The molecule has 0 atom stereocenters. The minimum absolute atomic E-state index is 0.000576. The molecule has 0 fully saturated rings. The quantitative estimate of drug-likeness (QED) is 0.831. The third kappa shape index (κ3) is 3.72. The second kappa shape index (κ2) is 5.73. The van der Waals surface area contributed by atoms with Crippen molar-refractivity contribution in [3.63, 3.8) is 0 Å². The summed E-state index contributed by atoms with van der Waals surface area (Å²) in [6.07, 6.45) is -4.55. The Labute approximate surface area is 124 Å². The standard InChI is InChI=1S/C14H11ClF3NO2/c1-20-10-4-8(19)5-11(6-10)21-9-2-3-13(15)12(7-9)14(16,17)18/h2-7H,19H2,1H3. The molecule has 0 spiro atoms. The van der Waals surface area contributed by atoms with Crippen LogP contribution < -0.4 is 15.2 Å². The van der Waals surface area contributed by atoms with Crippen molar-refractivity contribution in [1.82, 2.24) is 0 Å². The molecule has 112 valence electrons. The number of nitrogen functional groups attached to an aromatic ring is 1. The van der Waals surface area contributed by atoms with Crippen molar-refractivity contribution in [2.45, 2.75) is 6.18 Å². The highest BCUT2D eigenvalue weighted by Crippen LogP contribution is 2.38. The van der Waals surface area contributed by atoms with E-state index in [1.807, 2.05) is 0 Å². The first-order valence-corrected chi connectivity index (χ1v) is 6.16. The van der Waals surface area contributed by atoms with Gasteiger partial charge in [-0.25, -0.2) is 0 Å². The highest BCUT2D eigenvalue weighted by molar-refractivity contribution is 6.31. The van der Waals surface area contributed by atoms with E-state index in [2.05, 4.69) is 0 Å². The van der Waals surface area contributed by atoms with Crippen LogP contribution in [0.5, 0.6) is 17.2 Å². The molecule has 0 amide bonds. The molecule has 2 rings (SSSR count). The van der Waals surface area contributed by atoms with Crippen LogP contribution in [-0.4, -0.2) is 7.11 Å². The van der Waals surface area contributed by atoms with E-state index in [1.54, 1.807) is 6.07 Å². The predicted octanol–water partition coefficient (Wildman–Crippen LogP) is 4.74. The molecule has 0 aliphatic carbocycles. The van der Waals surface area contributed by atoms with Gasteiger partial charge in [0.05, 0.1) is 17.7 Å². The molecule has 0 aliphatic heterocycles. The third-order valence-corrected chi connectivity index (χ3v) is 2.95. The fraction of sp³-hybridized carbons (Fsp3) is 0.143. The molecule has 2 aromatic rings. The first-order chi connectivity index (χ1) is 9.79. The van der Waals surface area contributed by atoms with Crippen molar-refractivity contribution in [2.75, 3.05) is 12.8 Å². The van der Waals surface area contributed by atoms with Gasteiger partial charge < -0.3 is 15.2 Å². The first kappa shape index (κ1) is 15.3. The summed E-state index contributed by atoms with van der Waals surface area (Å²) in [5.74, 6) is 0.705. The number of halogens is 4. The summed E-state index contributed by atoms with van der Waals surface area (Å²) in [4.78, 5) is 0. The Morgan fingerprint density at radius 2 is 1.67 bits per heavy atom. The van der Waals surface area contributed by atoms with E-state index in [0.717, 1.165) is 12.1 Å². The molecular formula is C14H11ClF3NO2. The van der Waals surface area contributed by atoms with E-state index < -0.39 is 11.7 Å². The van der Waals surface area contributed by atoms with Gasteiger partial charge in [0.25, 0.3) is 0 Å². The minimum atomic E-state index is -4.55. The Kier molecular flexibility index (Phi) is 4.18. The zero-order valence-electron chi connectivity index (χ0n) is 10.9. The van der Waals surface area contributed by atoms with Crippen molar-refractivity contribution in [3.8, 4) is 17.2 Å². The van der Waals surface area contributed by atoms with Gasteiger partial charge in [0.15, 0.2) is 0 Å². The summed E-state index contributed by atoms with van der Waals surface area (Å²) in [6, 6.07) is 7.85. The molecule has 2 aromatic carbocycles. The first-order valence-electron chi connectivity index (χ1n) is 5.79. The van der Waals surface area contributed by atoms with E-state index in [4.69, 9.17) is 26.8 Å². The monoisotopic (exact) mass is 317 g/mol. The van der Waals surface area contributed by atoms with Crippen LogP contribution in [0.1, 0.15) is 5.56 Å². The average molecular weight is 318 g/mol. The minimum Gasteiger partial charge on any atom is -0.497 e. The molecular weight excluding hydrogens is 307 g/mol. The summed E-state index contributed by atoms with van der Waals surface area (Å²) < 4.78 is 48.7. The van der Waals surface area contributed by atoms with Crippen molar-refractivity contribution in [3.05, 3.63) is 47.0 Å². The maximum absolute atomic E-state index is 12.8. The number of rotatable bonds is 3. The third-order valence-electron chi connectivity index (χ3n) is 2.62. The van der Waals surface area contributed by atoms with Gasteiger partial charge in [-0.2, -0.15) is 13.2 Å². The van der Waals surface area contributed by atoms with Crippen LogP contribution in [0, 0.1) is 0 Å². The molecule has 0 saturated carbocycles. The molecule has 7 heteroatoms. The summed E-state index contributed by atoms with van der Waals surface area (Å²) in [5, 5.41) is -0.389. The lowest BCUT2D eigenvalue weighted by Crippen LogP contribution is -2.05. The van der Waals surface area contributed by atoms with E-state index in [0.29, 0.717) is 11.4 Å². The smallest absolute Gasteiger partial charge is 0.417 e. The van der Waals surface area contributed by atoms with Crippen molar-refractivity contribution in [2.24, 2.45) is 0 Å². The lowest BCUT2D eigenvalue weighted by atomic mass is 10.2. The van der Waals surface area contributed by atoms with Crippen LogP contribution in [0.3, 0.4) is 0 Å². The molecule has 0 radical (unpaired) electrons. The second-order valence-electron chi connectivity index (χ2n) is 4.18. The molecule has 0 aliphatic rings. The van der Waals surface area contributed by atoms with Gasteiger partial charge in [-0.15, -0.1) is 0 Å².